The Kier molecular flexibility index (Phi) is 10.7. The fourth-order valence-electron chi connectivity index (χ4n) is 0.886. The Morgan fingerprint density at radius 2 is 1.94 bits per heavy atom. The van der Waals surface area contributed by atoms with E-state index in [1.54, 1.807) is 7.05 Å². The molecule has 1 aromatic rings. The molecule has 1 rings (SSSR count). The van der Waals surface area contributed by atoms with E-state index in [9.17, 15) is 10.1 Å². The van der Waals surface area contributed by atoms with Crippen molar-refractivity contribution in [3.05, 3.63) is 33.9 Å². The minimum atomic E-state index is -0.583. The van der Waals surface area contributed by atoms with E-state index in [2.05, 4.69) is 11.4 Å². The number of nitriles is 1. The van der Waals surface area contributed by atoms with Crippen molar-refractivity contribution in [2.75, 3.05) is 33.5 Å². The molecule has 0 bridgehead atoms. The van der Waals surface area contributed by atoms with Gasteiger partial charge in [0.2, 0.25) is 0 Å². The zero-order valence-electron chi connectivity index (χ0n) is 10.9. The maximum absolute atomic E-state index is 10.3. The number of nitrogens with zero attached hydrogens (tertiary/aromatic N) is 3. The normalized spacial score (nSPS) is 8.44. The van der Waals surface area contributed by atoms with Crippen molar-refractivity contribution in [2.24, 2.45) is 0 Å². The molecule has 0 unspecified atom stereocenters. The van der Waals surface area contributed by atoms with E-state index in [-0.39, 0.29) is 44.0 Å². The summed E-state index contributed by atoms with van der Waals surface area (Å²) in [5.41, 5.74) is 0.486. The third-order valence-corrected chi connectivity index (χ3v) is 1.51. The topological polar surface area (TPSA) is 82.2 Å². The monoisotopic (exact) mass is 324 g/mol. The number of anilines is 1. The van der Waals surface area contributed by atoms with Crippen LogP contribution in [0.2, 0.25) is 0 Å². The number of nitrogens with one attached hydrogen (secondary N) is 1. The molecule has 95 valence electrons. The number of non-ortho nitro benzene ring substituents is 1. The van der Waals surface area contributed by atoms with Gasteiger partial charge in [0.15, 0.2) is 5.69 Å². The molecule has 0 saturated carbocycles. The van der Waals surface area contributed by atoms with Crippen LogP contribution in [0.4, 0.5) is 11.4 Å². The predicted molar refractivity (Wildman–Crippen MR) is 65.8 cm³/mol. The standard InChI is InChI=1S/C8H6N3O2.C3H9N.Y/c1-10-8-3-2-7(11(12)13)4-6(8)5-9;1-4(2)3;/h2-3,10H,1H3;1-3H3;/q-1;;. The molecule has 0 spiro atoms. The van der Waals surface area contributed by atoms with E-state index in [0.29, 0.717) is 5.69 Å². The van der Waals surface area contributed by atoms with Gasteiger partial charge in [-0.3, -0.25) is 15.4 Å². The molecule has 0 heterocycles. The van der Waals surface area contributed by atoms with Crippen LogP contribution >= 0.6 is 0 Å². The molecule has 0 saturated heterocycles. The van der Waals surface area contributed by atoms with Gasteiger partial charge in [0.05, 0.1) is 0 Å². The van der Waals surface area contributed by atoms with E-state index >= 15 is 0 Å². The summed E-state index contributed by atoms with van der Waals surface area (Å²) in [5.74, 6) is 0. The van der Waals surface area contributed by atoms with Crippen molar-refractivity contribution >= 4 is 11.4 Å². The third-order valence-electron chi connectivity index (χ3n) is 1.51. The first kappa shape index (κ1) is 19.3. The molecular formula is C11H15N4O2Y-. The van der Waals surface area contributed by atoms with Crippen molar-refractivity contribution in [3.8, 4) is 6.07 Å². The second-order valence-corrected chi connectivity index (χ2v) is 3.59. The minimum absolute atomic E-state index is 0. The quantitative estimate of drug-likeness (QED) is 0.506. The first-order valence-electron chi connectivity index (χ1n) is 4.81. The summed E-state index contributed by atoms with van der Waals surface area (Å²) < 4.78 is 0. The molecule has 0 atom stereocenters. The molecule has 18 heavy (non-hydrogen) atoms. The summed E-state index contributed by atoms with van der Waals surface area (Å²) >= 11 is 0. The average Bonchev–Trinajstić information content (AvgIpc) is 2.27. The minimum Gasteiger partial charge on any atom is -0.426 e. The molecule has 1 N–H and O–H groups in total. The molecule has 0 amide bonds. The summed E-state index contributed by atoms with van der Waals surface area (Å²) in [4.78, 5) is 11.7. The first-order chi connectivity index (χ1) is 7.92. The second-order valence-electron chi connectivity index (χ2n) is 3.59. The van der Waals surface area contributed by atoms with E-state index in [0.717, 1.165) is 0 Å². The largest absolute Gasteiger partial charge is 0.426 e. The summed E-state index contributed by atoms with van der Waals surface area (Å²) in [6.45, 7) is 0. The molecule has 0 aromatic heterocycles. The van der Waals surface area contributed by atoms with Crippen LogP contribution < -0.4 is 5.32 Å². The van der Waals surface area contributed by atoms with Crippen molar-refractivity contribution < 1.29 is 37.6 Å². The van der Waals surface area contributed by atoms with E-state index in [1.807, 2.05) is 32.1 Å². The van der Waals surface area contributed by atoms with Crippen LogP contribution in [0.3, 0.4) is 0 Å². The van der Waals surface area contributed by atoms with Crippen LogP contribution in [0, 0.1) is 27.5 Å². The van der Waals surface area contributed by atoms with Gasteiger partial charge in [0.25, 0.3) is 0 Å². The number of hydrogen-bond donors (Lipinski definition) is 1. The number of hydrogen-bond acceptors (Lipinski definition) is 5. The summed E-state index contributed by atoms with van der Waals surface area (Å²) in [6, 6.07) is 6.99. The fraction of sp³-hybridized carbons (Fsp3) is 0.364. The Balaban J connectivity index is 0. The van der Waals surface area contributed by atoms with Crippen molar-refractivity contribution in [3.63, 3.8) is 0 Å². The van der Waals surface area contributed by atoms with Crippen molar-refractivity contribution in [2.45, 2.75) is 0 Å². The molecule has 6 nitrogen and oxygen atoms in total. The van der Waals surface area contributed by atoms with Crippen LogP contribution in [-0.4, -0.2) is 38.0 Å². The molecular weight excluding hydrogens is 309 g/mol. The number of rotatable bonds is 2. The Bertz CT molecular complexity index is 427. The molecule has 1 radical (unpaired) electrons. The first-order valence-corrected chi connectivity index (χ1v) is 4.81. The van der Waals surface area contributed by atoms with Gasteiger partial charge in [-0.15, -0.1) is 6.07 Å². The zero-order valence-corrected chi connectivity index (χ0v) is 13.7. The summed E-state index contributed by atoms with van der Waals surface area (Å²) in [5, 5.41) is 21.7. The Hall–Kier alpha value is -1.03. The van der Waals surface area contributed by atoms with Crippen molar-refractivity contribution in [1.82, 2.24) is 4.90 Å². The Morgan fingerprint density at radius 3 is 2.28 bits per heavy atom. The SMILES string of the molecule is CN(C)C.CNc1ccc([N+](=O)[O-])[c-]c1C#N.[Y]. The Morgan fingerprint density at radius 1 is 1.44 bits per heavy atom. The van der Waals surface area contributed by atoms with Gasteiger partial charge in [-0.25, -0.2) is 0 Å². The molecule has 7 heteroatoms. The number of nitro benzene ring substituents is 1. The van der Waals surface area contributed by atoms with Gasteiger partial charge in [-0.1, -0.05) is 11.6 Å². The number of benzene rings is 1. The van der Waals surface area contributed by atoms with Gasteiger partial charge in [-0.2, -0.15) is 0 Å². The summed E-state index contributed by atoms with van der Waals surface area (Å²) in [6.07, 6.45) is 0. The van der Waals surface area contributed by atoms with Gasteiger partial charge < -0.3 is 10.2 Å². The fourth-order valence-corrected chi connectivity index (χ4v) is 0.886. The molecule has 0 aliphatic carbocycles. The molecule has 1 aromatic carbocycles. The van der Waals surface area contributed by atoms with Gasteiger partial charge in [-0.05, 0) is 46.0 Å². The molecule has 0 fully saturated rings. The summed E-state index contributed by atoms with van der Waals surface area (Å²) in [7, 11) is 7.63. The van der Waals surface area contributed by atoms with Gasteiger partial charge >= 0.3 is 0 Å². The van der Waals surface area contributed by atoms with Gasteiger partial charge in [0, 0.05) is 37.6 Å². The number of nitro groups is 1. The smallest absolute Gasteiger partial charge is 0.191 e. The van der Waals surface area contributed by atoms with Crippen LogP contribution in [0.15, 0.2) is 12.1 Å². The van der Waals surface area contributed by atoms with Crippen LogP contribution in [0.25, 0.3) is 0 Å². The van der Waals surface area contributed by atoms with Crippen LogP contribution in [0.5, 0.6) is 0 Å². The molecule has 0 aliphatic heterocycles. The second kappa shape index (κ2) is 9.95. The maximum Gasteiger partial charge on any atom is 0.191 e. The van der Waals surface area contributed by atoms with Crippen LogP contribution in [-0.2, 0) is 32.7 Å². The maximum atomic E-state index is 10.3. The van der Waals surface area contributed by atoms with E-state index in [1.165, 1.54) is 12.1 Å². The van der Waals surface area contributed by atoms with E-state index < -0.39 is 4.92 Å². The zero-order chi connectivity index (χ0) is 13.4. The third kappa shape index (κ3) is 7.33. The Labute approximate surface area is 132 Å². The predicted octanol–water partition coefficient (Wildman–Crippen LogP) is 1.48. The van der Waals surface area contributed by atoms with E-state index in [4.69, 9.17) is 5.26 Å². The average molecular weight is 324 g/mol. The molecule has 0 aliphatic rings. The van der Waals surface area contributed by atoms with Crippen molar-refractivity contribution in [1.29, 1.82) is 5.26 Å². The van der Waals surface area contributed by atoms with Crippen LogP contribution in [0.1, 0.15) is 5.56 Å². The van der Waals surface area contributed by atoms with Gasteiger partial charge in [0.1, 0.15) is 0 Å².